The number of benzene rings is 1. The van der Waals surface area contributed by atoms with Crippen LogP contribution in [0.5, 0.6) is 0 Å². The van der Waals surface area contributed by atoms with Gasteiger partial charge in [-0.3, -0.25) is 14.4 Å². The molecule has 1 saturated heterocycles. The fourth-order valence-corrected chi connectivity index (χ4v) is 4.95. The number of carbonyl (C=O) groups is 1. The first-order valence-electron chi connectivity index (χ1n) is 7.98. The van der Waals surface area contributed by atoms with Crippen molar-refractivity contribution in [2.45, 2.75) is 25.9 Å². The van der Waals surface area contributed by atoms with Gasteiger partial charge in [-0.2, -0.15) is 0 Å². The Hall–Kier alpha value is -2.42. The van der Waals surface area contributed by atoms with Crippen LogP contribution in [0.1, 0.15) is 23.7 Å². The Morgan fingerprint density at radius 1 is 1.36 bits per heavy atom. The number of fused-ring (bicyclic) bond motifs is 1. The van der Waals surface area contributed by atoms with Crippen molar-refractivity contribution in [3.05, 3.63) is 44.5 Å². The summed E-state index contributed by atoms with van der Waals surface area (Å²) in [6.45, 7) is 2.10. The zero-order chi connectivity index (χ0) is 18.4. The van der Waals surface area contributed by atoms with E-state index in [0.717, 1.165) is 0 Å². The summed E-state index contributed by atoms with van der Waals surface area (Å²) in [6.07, 6.45) is 0.421. The number of nitrogens with one attached hydrogen (secondary N) is 1. The number of aryl methyl sites for hydroxylation is 1. The zero-order valence-electron chi connectivity index (χ0n) is 14.0. The van der Waals surface area contributed by atoms with Gasteiger partial charge in [-0.1, -0.05) is 0 Å². The second-order valence-corrected chi connectivity index (χ2v) is 8.44. The minimum Gasteiger partial charge on any atom is -0.338 e. The van der Waals surface area contributed by atoms with Gasteiger partial charge in [-0.25, -0.2) is 8.42 Å². The van der Waals surface area contributed by atoms with E-state index in [2.05, 4.69) is 4.98 Å². The average Bonchev–Trinajstić information content (AvgIpc) is 2.94. The molecule has 1 fully saturated rings. The van der Waals surface area contributed by atoms with E-state index in [-0.39, 0.29) is 23.5 Å². The number of hydrogen-bond donors (Lipinski definition) is 1. The molecule has 0 aliphatic carbocycles. The smallest absolute Gasteiger partial charge is 0.316 e. The molecule has 1 unspecified atom stereocenters. The number of nitrogens with zero attached hydrogens (tertiary/aromatic N) is 2. The molecule has 2 heterocycles. The molecule has 25 heavy (non-hydrogen) atoms. The minimum absolute atomic E-state index is 0.0327. The Labute approximate surface area is 144 Å². The summed E-state index contributed by atoms with van der Waals surface area (Å²) in [5.74, 6) is -0.267. The fraction of sp³-hybridized carbons (Fsp3) is 0.438. The first kappa shape index (κ1) is 17.4. The van der Waals surface area contributed by atoms with Gasteiger partial charge in [0.2, 0.25) is 0 Å². The van der Waals surface area contributed by atoms with Crippen LogP contribution in [0, 0.1) is 0 Å². The minimum atomic E-state index is -3.09. The number of H-pyrrole nitrogens is 1. The Morgan fingerprint density at radius 3 is 2.68 bits per heavy atom. The molecule has 1 N–H and O–H groups in total. The molecule has 0 spiro atoms. The van der Waals surface area contributed by atoms with E-state index in [1.165, 1.54) is 15.5 Å². The second-order valence-electron chi connectivity index (χ2n) is 6.21. The maximum absolute atomic E-state index is 12.7. The fourth-order valence-electron chi connectivity index (χ4n) is 3.18. The number of aromatic nitrogens is 2. The normalized spacial score (nSPS) is 19.2. The van der Waals surface area contributed by atoms with Crippen molar-refractivity contribution < 1.29 is 13.2 Å². The van der Waals surface area contributed by atoms with Crippen LogP contribution >= 0.6 is 0 Å². The van der Waals surface area contributed by atoms with Crippen molar-refractivity contribution in [1.29, 1.82) is 0 Å². The van der Waals surface area contributed by atoms with Gasteiger partial charge in [0, 0.05) is 25.2 Å². The first-order chi connectivity index (χ1) is 11.7. The highest BCUT2D eigenvalue weighted by Crippen LogP contribution is 2.20. The highest BCUT2D eigenvalue weighted by molar-refractivity contribution is 7.91. The standard InChI is InChI=1S/C16H19N3O5S/c1-3-19-13-5-4-10(8-12(13)17-14(20)16(19)22)15(21)18(2)11-6-7-25(23,24)9-11/h4-5,8,11H,3,6-7,9H2,1-2H3,(H,17,20). The molecule has 1 amide bonds. The van der Waals surface area contributed by atoms with Crippen LogP contribution in [-0.2, 0) is 16.4 Å². The van der Waals surface area contributed by atoms with Gasteiger partial charge in [-0.05, 0) is 31.5 Å². The van der Waals surface area contributed by atoms with E-state index in [1.807, 2.05) is 0 Å². The second kappa shape index (κ2) is 6.14. The number of rotatable bonds is 3. The van der Waals surface area contributed by atoms with Crippen molar-refractivity contribution in [3.63, 3.8) is 0 Å². The third-order valence-corrected chi connectivity index (χ3v) is 6.36. The van der Waals surface area contributed by atoms with Gasteiger partial charge in [0.15, 0.2) is 9.84 Å². The average molecular weight is 365 g/mol. The van der Waals surface area contributed by atoms with Crippen LogP contribution in [0.2, 0.25) is 0 Å². The molecule has 0 bridgehead atoms. The van der Waals surface area contributed by atoms with Crippen molar-refractivity contribution >= 4 is 26.8 Å². The van der Waals surface area contributed by atoms with Gasteiger partial charge >= 0.3 is 11.1 Å². The van der Waals surface area contributed by atoms with Crippen LogP contribution in [0.4, 0.5) is 0 Å². The van der Waals surface area contributed by atoms with Crippen LogP contribution in [-0.4, -0.2) is 53.4 Å². The van der Waals surface area contributed by atoms with Crippen molar-refractivity contribution in [3.8, 4) is 0 Å². The Kier molecular flexibility index (Phi) is 4.28. The van der Waals surface area contributed by atoms with Gasteiger partial charge < -0.3 is 14.5 Å². The predicted molar refractivity (Wildman–Crippen MR) is 93.7 cm³/mol. The lowest BCUT2D eigenvalue weighted by Crippen LogP contribution is -2.38. The van der Waals surface area contributed by atoms with Crippen LogP contribution < -0.4 is 11.1 Å². The quantitative estimate of drug-likeness (QED) is 0.768. The molecule has 3 rings (SSSR count). The number of carbonyl (C=O) groups excluding carboxylic acids is 1. The summed E-state index contributed by atoms with van der Waals surface area (Å²) in [4.78, 5) is 40.2. The molecular formula is C16H19N3O5S. The molecule has 1 aromatic carbocycles. The molecule has 1 aliphatic rings. The third kappa shape index (κ3) is 3.11. The lowest BCUT2D eigenvalue weighted by Gasteiger charge is -2.23. The largest absolute Gasteiger partial charge is 0.338 e. The maximum atomic E-state index is 12.7. The van der Waals surface area contributed by atoms with E-state index >= 15 is 0 Å². The molecule has 8 nitrogen and oxygen atoms in total. The van der Waals surface area contributed by atoms with Crippen LogP contribution in [0.15, 0.2) is 27.8 Å². The van der Waals surface area contributed by atoms with Gasteiger partial charge in [-0.15, -0.1) is 0 Å². The van der Waals surface area contributed by atoms with E-state index in [1.54, 1.807) is 26.1 Å². The van der Waals surface area contributed by atoms with E-state index in [4.69, 9.17) is 0 Å². The third-order valence-electron chi connectivity index (χ3n) is 4.61. The van der Waals surface area contributed by atoms with Crippen molar-refractivity contribution in [2.24, 2.45) is 0 Å². The summed E-state index contributed by atoms with van der Waals surface area (Å²) in [6, 6.07) is 4.36. The molecule has 0 radical (unpaired) electrons. The lowest BCUT2D eigenvalue weighted by atomic mass is 10.1. The van der Waals surface area contributed by atoms with Gasteiger partial charge in [0.25, 0.3) is 5.91 Å². The Bertz CT molecular complexity index is 1070. The highest BCUT2D eigenvalue weighted by Gasteiger charge is 2.33. The number of hydrogen-bond acceptors (Lipinski definition) is 5. The topological polar surface area (TPSA) is 109 Å². The zero-order valence-corrected chi connectivity index (χ0v) is 14.8. The lowest BCUT2D eigenvalue weighted by molar-refractivity contribution is 0.0748. The molecule has 9 heteroatoms. The van der Waals surface area contributed by atoms with E-state index < -0.39 is 21.0 Å². The summed E-state index contributed by atoms with van der Waals surface area (Å²) in [5, 5.41) is 0. The van der Waals surface area contributed by atoms with Crippen molar-refractivity contribution in [1.82, 2.24) is 14.5 Å². The molecule has 1 atom stereocenters. The maximum Gasteiger partial charge on any atom is 0.316 e. The Morgan fingerprint density at radius 2 is 2.08 bits per heavy atom. The van der Waals surface area contributed by atoms with Gasteiger partial charge in [0.05, 0.1) is 22.5 Å². The number of aromatic amines is 1. The van der Waals surface area contributed by atoms with Crippen LogP contribution in [0.25, 0.3) is 11.0 Å². The molecule has 2 aromatic rings. The Balaban J connectivity index is 1.99. The summed E-state index contributed by atoms with van der Waals surface area (Å²) in [5.41, 5.74) is -0.118. The number of amides is 1. The molecule has 0 saturated carbocycles. The SMILES string of the molecule is CCn1c(=O)c(=O)[nH]c2cc(C(=O)N(C)C3CCS(=O)(=O)C3)ccc21. The van der Waals surface area contributed by atoms with E-state index in [9.17, 15) is 22.8 Å². The van der Waals surface area contributed by atoms with Crippen molar-refractivity contribution in [2.75, 3.05) is 18.6 Å². The van der Waals surface area contributed by atoms with Gasteiger partial charge in [0.1, 0.15) is 0 Å². The predicted octanol–water partition coefficient (Wildman–Crippen LogP) is -0.0312. The molecule has 134 valence electrons. The molecule has 1 aliphatic heterocycles. The van der Waals surface area contributed by atoms with E-state index in [0.29, 0.717) is 29.6 Å². The number of sulfone groups is 1. The summed E-state index contributed by atoms with van der Waals surface area (Å²) >= 11 is 0. The summed E-state index contributed by atoms with van der Waals surface area (Å²) in [7, 11) is -1.51. The highest BCUT2D eigenvalue weighted by atomic mass is 32.2. The molecule has 1 aromatic heterocycles. The van der Waals surface area contributed by atoms with Crippen LogP contribution in [0.3, 0.4) is 0 Å². The summed E-state index contributed by atoms with van der Waals surface area (Å²) < 4.78 is 24.6. The molecular weight excluding hydrogens is 346 g/mol. The monoisotopic (exact) mass is 365 g/mol. The first-order valence-corrected chi connectivity index (χ1v) is 9.80.